The van der Waals surface area contributed by atoms with Crippen LogP contribution in [-0.4, -0.2) is 17.9 Å². The minimum absolute atomic E-state index is 0.106. The lowest BCUT2D eigenvalue weighted by Crippen LogP contribution is -2.46. The molecule has 132 valence electrons. The van der Waals surface area contributed by atoms with Gasteiger partial charge in [-0.1, -0.05) is 60.7 Å². The van der Waals surface area contributed by atoms with Gasteiger partial charge in [0.05, 0.1) is 0 Å². The topological polar surface area (TPSA) is 24.2 Å². The largest absolute Gasteiger partial charge is 0.336 e. The summed E-state index contributed by atoms with van der Waals surface area (Å²) in [4.78, 5) is 14.5. The summed E-state index contributed by atoms with van der Waals surface area (Å²) in [7, 11) is 1.86. The van der Waals surface area contributed by atoms with E-state index in [0.29, 0.717) is 6.54 Å². The van der Waals surface area contributed by atoms with Crippen molar-refractivity contribution in [3.05, 3.63) is 102 Å². The van der Waals surface area contributed by atoms with E-state index in [9.17, 15) is 4.79 Å². The highest BCUT2D eigenvalue weighted by atomic mass is 16.2. The van der Waals surface area contributed by atoms with Gasteiger partial charge in [0.2, 0.25) is 6.04 Å². The molecule has 0 spiro atoms. The van der Waals surface area contributed by atoms with Crippen molar-refractivity contribution >= 4 is 5.91 Å². The molecule has 0 saturated heterocycles. The number of benzene rings is 2. The minimum Gasteiger partial charge on any atom is -0.336 e. The molecule has 1 aromatic heterocycles. The second-order valence-electron chi connectivity index (χ2n) is 6.67. The summed E-state index contributed by atoms with van der Waals surface area (Å²) in [6, 6.07) is 24.4. The van der Waals surface area contributed by atoms with E-state index in [0.717, 1.165) is 12.0 Å². The van der Waals surface area contributed by atoms with E-state index >= 15 is 0 Å². The molecule has 0 aliphatic rings. The predicted molar refractivity (Wildman–Crippen MR) is 104 cm³/mol. The molecule has 0 bridgehead atoms. The van der Waals surface area contributed by atoms with Crippen LogP contribution in [0.4, 0.5) is 0 Å². The second-order valence-corrected chi connectivity index (χ2v) is 6.67. The van der Waals surface area contributed by atoms with Crippen LogP contribution < -0.4 is 4.57 Å². The molecule has 26 heavy (non-hydrogen) atoms. The number of aromatic nitrogens is 1. The highest BCUT2D eigenvalue weighted by Crippen LogP contribution is 2.10. The van der Waals surface area contributed by atoms with E-state index in [1.807, 2.05) is 67.3 Å². The van der Waals surface area contributed by atoms with E-state index in [1.165, 1.54) is 11.1 Å². The lowest BCUT2D eigenvalue weighted by molar-refractivity contribution is -0.706. The highest BCUT2D eigenvalue weighted by molar-refractivity contribution is 5.78. The van der Waals surface area contributed by atoms with E-state index in [2.05, 4.69) is 36.4 Å². The van der Waals surface area contributed by atoms with Crippen LogP contribution in [0.2, 0.25) is 0 Å². The van der Waals surface area contributed by atoms with Crippen LogP contribution in [0, 0.1) is 0 Å². The van der Waals surface area contributed by atoms with Crippen LogP contribution in [0.5, 0.6) is 0 Å². The van der Waals surface area contributed by atoms with E-state index in [1.54, 1.807) is 4.90 Å². The molecule has 3 nitrogen and oxygen atoms in total. The van der Waals surface area contributed by atoms with E-state index in [4.69, 9.17) is 0 Å². The van der Waals surface area contributed by atoms with Gasteiger partial charge in [-0.3, -0.25) is 4.79 Å². The first kappa shape index (κ1) is 17.9. The summed E-state index contributed by atoms with van der Waals surface area (Å²) in [5, 5.41) is 0. The highest BCUT2D eigenvalue weighted by Gasteiger charge is 2.25. The van der Waals surface area contributed by atoms with E-state index in [-0.39, 0.29) is 11.9 Å². The van der Waals surface area contributed by atoms with Crippen LogP contribution in [0.1, 0.15) is 29.7 Å². The van der Waals surface area contributed by atoms with Crippen molar-refractivity contribution in [2.24, 2.45) is 0 Å². The number of rotatable bonds is 6. The molecule has 0 fully saturated rings. The van der Waals surface area contributed by atoms with Crippen LogP contribution in [0.3, 0.4) is 0 Å². The van der Waals surface area contributed by atoms with Gasteiger partial charge in [-0.15, -0.1) is 0 Å². The molecule has 3 rings (SSSR count). The first-order chi connectivity index (χ1) is 12.6. The molecular formula is C23H25N2O+. The monoisotopic (exact) mass is 345 g/mol. The Morgan fingerprint density at radius 2 is 1.35 bits per heavy atom. The van der Waals surface area contributed by atoms with Crippen LogP contribution in [0.25, 0.3) is 0 Å². The Labute approximate surface area is 155 Å². The fraction of sp³-hybridized carbons (Fsp3) is 0.217. The van der Waals surface area contributed by atoms with Gasteiger partial charge in [0.1, 0.15) is 0 Å². The number of pyridine rings is 1. The summed E-state index contributed by atoms with van der Waals surface area (Å²) in [6.45, 7) is 2.57. The van der Waals surface area contributed by atoms with Gasteiger partial charge in [-0.05, 0) is 23.1 Å². The van der Waals surface area contributed by atoms with Gasteiger partial charge in [0.15, 0.2) is 12.4 Å². The summed E-state index contributed by atoms with van der Waals surface area (Å²) in [6.07, 6.45) is 4.90. The Balaban J connectivity index is 1.63. The van der Waals surface area contributed by atoms with Gasteiger partial charge < -0.3 is 4.90 Å². The maximum absolute atomic E-state index is 12.7. The number of likely N-dealkylation sites (N-methyl/N-ethyl adjacent to an activating group) is 1. The normalized spacial score (nSPS) is 11.8. The predicted octanol–water partition coefficient (Wildman–Crippen LogP) is 3.78. The quantitative estimate of drug-likeness (QED) is 0.624. The summed E-state index contributed by atoms with van der Waals surface area (Å²) >= 11 is 0. The van der Waals surface area contributed by atoms with Crippen molar-refractivity contribution in [1.82, 2.24) is 4.90 Å². The van der Waals surface area contributed by atoms with Gasteiger partial charge in [0, 0.05) is 32.6 Å². The molecule has 0 radical (unpaired) electrons. The lowest BCUT2D eigenvalue weighted by atomic mass is 10.1. The number of carbonyl (C=O) groups is 1. The zero-order valence-electron chi connectivity index (χ0n) is 15.4. The number of hydrogen-bond acceptors (Lipinski definition) is 1. The Hall–Kier alpha value is -2.94. The van der Waals surface area contributed by atoms with Crippen molar-refractivity contribution in [1.29, 1.82) is 0 Å². The molecule has 1 atom stereocenters. The number of nitrogens with zero attached hydrogens (tertiary/aromatic N) is 2. The Morgan fingerprint density at radius 3 is 1.92 bits per heavy atom. The minimum atomic E-state index is -0.227. The zero-order chi connectivity index (χ0) is 18.4. The van der Waals surface area contributed by atoms with Gasteiger partial charge in [-0.25, -0.2) is 0 Å². The third-order valence-electron chi connectivity index (χ3n) is 4.62. The van der Waals surface area contributed by atoms with Crippen molar-refractivity contribution in [3.8, 4) is 0 Å². The van der Waals surface area contributed by atoms with Crippen LogP contribution >= 0.6 is 0 Å². The molecule has 0 aliphatic heterocycles. The average Bonchev–Trinajstić information content (AvgIpc) is 2.69. The molecular weight excluding hydrogens is 320 g/mol. The third kappa shape index (κ3) is 4.57. The van der Waals surface area contributed by atoms with Crippen molar-refractivity contribution in [2.75, 3.05) is 7.05 Å². The molecule has 0 unspecified atom stereocenters. The molecule has 0 aliphatic carbocycles. The van der Waals surface area contributed by atoms with E-state index < -0.39 is 0 Å². The summed E-state index contributed by atoms with van der Waals surface area (Å²) in [5.74, 6) is 0.106. The van der Waals surface area contributed by atoms with Crippen molar-refractivity contribution in [3.63, 3.8) is 0 Å². The van der Waals surface area contributed by atoms with Gasteiger partial charge in [0.25, 0.3) is 5.91 Å². The fourth-order valence-electron chi connectivity index (χ4n) is 3.06. The van der Waals surface area contributed by atoms with Crippen molar-refractivity contribution < 1.29 is 9.36 Å². The fourth-order valence-corrected chi connectivity index (χ4v) is 3.06. The number of hydrogen-bond donors (Lipinski definition) is 0. The van der Waals surface area contributed by atoms with Crippen molar-refractivity contribution in [2.45, 2.75) is 25.9 Å². The SMILES string of the molecule is C[C@@H](C(=O)N(C)Cc1ccccc1)[n+]1ccc(Cc2ccccc2)cc1. The van der Waals surface area contributed by atoms with Gasteiger partial charge in [-0.2, -0.15) is 4.57 Å². The third-order valence-corrected chi connectivity index (χ3v) is 4.62. The number of amides is 1. The standard InChI is InChI=1S/C23H25N2O/c1-19(23(26)24(2)18-22-11-7-4-8-12-22)25-15-13-21(14-16-25)17-20-9-5-3-6-10-20/h3-16,19H,17-18H2,1-2H3/q+1/t19-/m0/s1. The lowest BCUT2D eigenvalue weighted by Gasteiger charge is -2.19. The maximum atomic E-state index is 12.7. The Bertz CT molecular complexity index is 829. The molecule has 3 aromatic rings. The average molecular weight is 345 g/mol. The Kier molecular flexibility index (Phi) is 5.80. The molecule has 1 heterocycles. The summed E-state index contributed by atoms with van der Waals surface area (Å²) in [5.41, 5.74) is 3.67. The van der Waals surface area contributed by atoms with Crippen LogP contribution in [0.15, 0.2) is 85.2 Å². The first-order valence-corrected chi connectivity index (χ1v) is 8.96. The Morgan fingerprint density at radius 1 is 0.846 bits per heavy atom. The zero-order valence-corrected chi connectivity index (χ0v) is 15.4. The van der Waals surface area contributed by atoms with Gasteiger partial charge >= 0.3 is 0 Å². The number of carbonyl (C=O) groups excluding carboxylic acids is 1. The maximum Gasteiger partial charge on any atom is 0.291 e. The molecule has 1 amide bonds. The first-order valence-electron chi connectivity index (χ1n) is 8.96. The molecule has 3 heteroatoms. The molecule has 2 aromatic carbocycles. The molecule has 0 saturated carbocycles. The second kappa shape index (κ2) is 8.43. The molecule has 0 N–H and O–H groups in total. The van der Waals surface area contributed by atoms with Crippen LogP contribution in [-0.2, 0) is 17.8 Å². The summed E-state index contributed by atoms with van der Waals surface area (Å²) < 4.78 is 1.97. The smallest absolute Gasteiger partial charge is 0.291 e.